The summed E-state index contributed by atoms with van der Waals surface area (Å²) in [6, 6.07) is 0. The highest BCUT2D eigenvalue weighted by Crippen LogP contribution is 2.02. The van der Waals surface area contributed by atoms with Gasteiger partial charge in [-0.15, -0.1) is 0 Å². The van der Waals surface area contributed by atoms with E-state index in [-0.39, 0.29) is 11.5 Å². The average Bonchev–Trinajstić information content (AvgIpc) is 2.13. The van der Waals surface area contributed by atoms with Gasteiger partial charge in [-0.1, -0.05) is 13.8 Å². The van der Waals surface area contributed by atoms with E-state index in [0.717, 1.165) is 12.3 Å². The summed E-state index contributed by atoms with van der Waals surface area (Å²) in [5, 5.41) is 3.17. The van der Waals surface area contributed by atoms with Crippen LogP contribution in [-0.4, -0.2) is 45.0 Å². The van der Waals surface area contributed by atoms with Gasteiger partial charge in [-0.25, -0.2) is 8.42 Å². The van der Waals surface area contributed by atoms with E-state index < -0.39 is 9.84 Å². The number of hydrogen-bond donors (Lipinski definition) is 1. The van der Waals surface area contributed by atoms with Crippen molar-refractivity contribution in [3.63, 3.8) is 0 Å². The molecule has 0 bridgehead atoms. The van der Waals surface area contributed by atoms with E-state index in [4.69, 9.17) is 0 Å². The molecule has 0 heterocycles. The van der Waals surface area contributed by atoms with Gasteiger partial charge in [0.1, 0.15) is 0 Å². The van der Waals surface area contributed by atoms with Gasteiger partial charge in [0.15, 0.2) is 9.84 Å². The summed E-state index contributed by atoms with van der Waals surface area (Å²) in [6.07, 6.45) is 2.08. The normalized spacial score (nSPS) is 14.2. The molecule has 1 atom stereocenters. The smallest absolute Gasteiger partial charge is 0.151 e. The first kappa shape index (κ1) is 14.3. The van der Waals surface area contributed by atoms with E-state index >= 15 is 0 Å². The van der Waals surface area contributed by atoms with Crippen molar-refractivity contribution in [3.05, 3.63) is 0 Å². The van der Waals surface area contributed by atoms with Crippen LogP contribution in [0.2, 0.25) is 0 Å². The predicted molar refractivity (Wildman–Crippen MR) is 64.7 cm³/mol. The molecule has 0 spiro atoms. The van der Waals surface area contributed by atoms with E-state index in [2.05, 4.69) is 18.5 Å². The van der Waals surface area contributed by atoms with Crippen LogP contribution in [0.25, 0.3) is 0 Å². The van der Waals surface area contributed by atoms with Gasteiger partial charge in [0.2, 0.25) is 0 Å². The van der Waals surface area contributed by atoms with Crippen LogP contribution in [0, 0.1) is 5.92 Å². The molecule has 1 N–H and O–H groups in total. The van der Waals surface area contributed by atoms with Crippen LogP contribution in [0.15, 0.2) is 0 Å². The second kappa shape index (κ2) is 7.54. The summed E-state index contributed by atoms with van der Waals surface area (Å²) in [4.78, 5) is 0. The molecule has 0 radical (unpaired) electrons. The van der Waals surface area contributed by atoms with Gasteiger partial charge < -0.3 is 5.32 Å². The minimum absolute atomic E-state index is 0.245. The van der Waals surface area contributed by atoms with E-state index in [1.807, 2.05) is 11.8 Å². The summed E-state index contributed by atoms with van der Waals surface area (Å²) in [5.41, 5.74) is 0. The molecule has 5 heteroatoms. The SMILES string of the molecule is CCS(=O)(=O)CCNCC(C)CSC. The van der Waals surface area contributed by atoms with Crippen molar-refractivity contribution in [3.8, 4) is 0 Å². The first-order valence-corrected chi connectivity index (χ1v) is 8.13. The summed E-state index contributed by atoms with van der Waals surface area (Å²) in [6.45, 7) is 5.33. The maximum absolute atomic E-state index is 11.1. The van der Waals surface area contributed by atoms with Crippen LogP contribution in [0.3, 0.4) is 0 Å². The van der Waals surface area contributed by atoms with Crippen LogP contribution < -0.4 is 5.32 Å². The lowest BCUT2D eigenvalue weighted by Crippen LogP contribution is -2.28. The van der Waals surface area contributed by atoms with Crippen molar-refractivity contribution in [2.45, 2.75) is 13.8 Å². The van der Waals surface area contributed by atoms with Gasteiger partial charge in [0.25, 0.3) is 0 Å². The van der Waals surface area contributed by atoms with Gasteiger partial charge >= 0.3 is 0 Å². The Morgan fingerprint density at radius 3 is 2.57 bits per heavy atom. The standard InChI is InChI=1S/C9H21NO2S2/c1-4-14(11,12)6-5-10-7-9(2)8-13-3/h9-10H,4-8H2,1-3H3. The summed E-state index contributed by atoms with van der Waals surface area (Å²) >= 11 is 1.82. The predicted octanol–water partition coefficient (Wildman–Crippen LogP) is 1.01. The van der Waals surface area contributed by atoms with Crippen molar-refractivity contribution < 1.29 is 8.42 Å². The largest absolute Gasteiger partial charge is 0.315 e. The third-order valence-corrected chi connectivity index (χ3v) is 4.58. The van der Waals surface area contributed by atoms with Gasteiger partial charge in [-0.3, -0.25) is 0 Å². The third-order valence-electron chi connectivity index (χ3n) is 1.97. The molecule has 0 aliphatic rings. The van der Waals surface area contributed by atoms with Gasteiger partial charge in [-0.2, -0.15) is 11.8 Å². The molecule has 1 unspecified atom stereocenters. The molecular formula is C9H21NO2S2. The van der Waals surface area contributed by atoms with Crippen LogP contribution >= 0.6 is 11.8 Å². The number of sulfone groups is 1. The fourth-order valence-corrected chi connectivity index (χ4v) is 2.49. The van der Waals surface area contributed by atoms with E-state index in [0.29, 0.717) is 12.5 Å². The summed E-state index contributed by atoms with van der Waals surface area (Å²) in [7, 11) is -2.80. The molecule has 0 rings (SSSR count). The van der Waals surface area contributed by atoms with Gasteiger partial charge in [-0.05, 0) is 24.5 Å². The summed E-state index contributed by atoms with van der Waals surface area (Å²) in [5.74, 6) is 2.23. The molecule has 0 aliphatic heterocycles. The summed E-state index contributed by atoms with van der Waals surface area (Å²) < 4.78 is 22.3. The molecule has 0 aliphatic carbocycles. The lowest BCUT2D eigenvalue weighted by atomic mass is 10.2. The molecule has 0 aromatic heterocycles. The third kappa shape index (κ3) is 7.64. The highest BCUT2D eigenvalue weighted by atomic mass is 32.2. The Kier molecular flexibility index (Phi) is 7.68. The van der Waals surface area contributed by atoms with Crippen molar-refractivity contribution in [1.29, 1.82) is 0 Å². The Labute approximate surface area is 92.0 Å². The van der Waals surface area contributed by atoms with Crippen LogP contribution in [0.1, 0.15) is 13.8 Å². The number of thioether (sulfide) groups is 1. The molecule has 0 saturated carbocycles. The topological polar surface area (TPSA) is 46.2 Å². The average molecular weight is 239 g/mol. The molecule has 3 nitrogen and oxygen atoms in total. The zero-order valence-corrected chi connectivity index (χ0v) is 10.9. The second-order valence-corrected chi connectivity index (χ2v) is 6.88. The first-order valence-electron chi connectivity index (χ1n) is 4.92. The molecule has 0 amide bonds. The Hall–Kier alpha value is 0.260. The van der Waals surface area contributed by atoms with E-state index in [9.17, 15) is 8.42 Å². The Morgan fingerprint density at radius 2 is 2.07 bits per heavy atom. The van der Waals surface area contributed by atoms with Crippen molar-refractivity contribution >= 4 is 21.6 Å². The number of rotatable bonds is 8. The van der Waals surface area contributed by atoms with Crippen LogP contribution in [-0.2, 0) is 9.84 Å². The second-order valence-electron chi connectivity index (χ2n) is 3.50. The zero-order valence-electron chi connectivity index (χ0n) is 9.25. The Morgan fingerprint density at radius 1 is 1.43 bits per heavy atom. The van der Waals surface area contributed by atoms with E-state index in [1.165, 1.54) is 0 Å². The van der Waals surface area contributed by atoms with Crippen molar-refractivity contribution in [1.82, 2.24) is 5.32 Å². The first-order chi connectivity index (χ1) is 6.52. The molecular weight excluding hydrogens is 218 g/mol. The number of nitrogens with one attached hydrogen (secondary N) is 1. The molecule has 0 saturated heterocycles. The fraction of sp³-hybridized carbons (Fsp3) is 1.00. The fourth-order valence-electron chi connectivity index (χ4n) is 1.06. The molecule has 86 valence electrons. The zero-order chi connectivity index (χ0) is 11.0. The quantitative estimate of drug-likeness (QED) is 0.642. The molecule has 0 fully saturated rings. The Balaban J connectivity index is 3.47. The monoisotopic (exact) mass is 239 g/mol. The lowest BCUT2D eigenvalue weighted by molar-refractivity contribution is 0.563. The maximum Gasteiger partial charge on any atom is 0.151 e. The lowest BCUT2D eigenvalue weighted by Gasteiger charge is -2.10. The van der Waals surface area contributed by atoms with E-state index in [1.54, 1.807) is 6.92 Å². The van der Waals surface area contributed by atoms with Gasteiger partial charge in [0.05, 0.1) is 5.75 Å². The molecule has 14 heavy (non-hydrogen) atoms. The minimum atomic E-state index is -2.80. The minimum Gasteiger partial charge on any atom is -0.315 e. The van der Waals surface area contributed by atoms with Gasteiger partial charge in [0, 0.05) is 12.3 Å². The molecule has 0 aromatic rings. The van der Waals surface area contributed by atoms with Crippen LogP contribution in [0.4, 0.5) is 0 Å². The number of hydrogen-bond acceptors (Lipinski definition) is 4. The maximum atomic E-state index is 11.1. The highest BCUT2D eigenvalue weighted by molar-refractivity contribution is 7.98. The Bertz CT molecular complexity index is 227. The van der Waals surface area contributed by atoms with Crippen molar-refractivity contribution in [2.24, 2.45) is 5.92 Å². The van der Waals surface area contributed by atoms with Crippen molar-refractivity contribution in [2.75, 3.05) is 36.6 Å². The molecule has 0 aromatic carbocycles. The highest BCUT2D eigenvalue weighted by Gasteiger charge is 2.06. The van der Waals surface area contributed by atoms with Crippen LogP contribution in [0.5, 0.6) is 0 Å².